The first-order valence-corrected chi connectivity index (χ1v) is 12.3. The quantitative estimate of drug-likeness (QED) is 0.287. The number of para-hydroxylation sites is 2. The van der Waals surface area contributed by atoms with Crippen molar-refractivity contribution in [3.05, 3.63) is 59.0 Å². The van der Waals surface area contributed by atoms with Gasteiger partial charge in [0.15, 0.2) is 5.17 Å². The molecule has 0 bridgehead atoms. The Morgan fingerprint density at radius 3 is 2.47 bits per heavy atom. The van der Waals surface area contributed by atoms with E-state index in [1.165, 1.54) is 43.9 Å². The van der Waals surface area contributed by atoms with Crippen LogP contribution >= 0.6 is 11.8 Å². The maximum Gasteiger partial charge on any atom is 0.264 e. The first-order valence-electron chi connectivity index (χ1n) is 11.4. The highest BCUT2D eigenvalue weighted by atomic mass is 32.2. The van der Waals surface area contributed by atoms with Crippen molar-refractivity contribution in [2.24, 2.45) is 4.99 Å². The molecule has 2 aromatic carbocycles. The van der Waals surface area contributed by atoms with Gasteiger partial charge in [0.1, 0.15) is 17.2 Å². The summed E-state index contributed by atoms with van der Waals surface area (Å²) in [4.78, 5) is 17.6. The molecule has 1 aliphatic rings. The number of thioether (sulfide) groups is 1. The van der Waals surface area contributed by atoms with Crippen LogP contribution < -0.4 is 14.8 Å². The second-order valence-corrected chi connectivity index (χ2v) is 8.60. The highest BCUT2D eigenvalue weighted by Crippen LogP contribution is 2.32. The summed E-state index contributed by atoms with van der Waals surface area (Å²) in [6.45, 7) is 5.47. The maximum absolute atomic E-state index is 12.4. The highest BCUT2D eigenvalue weighted by Gasteiger charge is 2.24. The monoisotopic (exact) mass is 452 g/mol. The lowest BCUT2D eigenvalue weighted by Gasteiger charge is -2.06. The Kier molecular flexibility index (Phi) is 9.69. The van der Waals surface area contributed by atoms with Gasteiger partial charge in [-0.3, -0.25) is 4.79 Å². The van der Waals surface area contributed by atoms with Gasteiger partial charge in [0, 0.05) is 0 Å². The molecular formula is C26H32N2O3S. The number of carbonyl (C=O) groups excluding carboxylic acids is 1. The Morgan fingerprint density at radius 2 is 1.69 bits per heavy atom. The van der Waals surface area contributed by atoms with E-state index in [0.29, 0.717) is 28.1 Å². The van der Waals surface area contributed by atoms with Gasteiger partial charge in [0.05, 0.1) is 18.1 Å². The van der Waals surface area contributed by atoms with Gasteiger partial charge in [0.25, 0.3) is 5.91 Å². The summed E-state index contributed by atoms with van der Waals surface area (Å²) >= 11 is 1.33. The first kappa shape index (κ1) is 23.9. The van der Waals surface area contributed by atoms with Gasteiger partial charge in [-0.1, -0.05) is 63.3 Å². The minimum absolute atomic E-state index is 0.147. The summed E-state index contributed by atoms with van der Waals surface area (Å²) in [6.07, 6.45) is 9.37. The molecule has 1 amide bonds. The predicted molar refractivity (Wildman–Crippen MR) is 134 cm³/mol. The molecule has 1 N–H and O–H groups in total. The van der Waals surface area contributed by atoms with Crippen LogP contribution in [0.3, 0.4) is 0 Å². The fraction of sp³-hybridized carbons (Fsp3) is 0.385. The van der Waals surface area contributed by atoms with Crippen LogP contribution in [0.25, 0.3) is 6.08 Å². The minimum atomic E-state index is -0.147. The summed E-state index contributed by atoms with van der Waals surface area (Å²) in [5, 5.41) is 3.38. The molecule has 0 aromatic heterocycles. The molecule has 1 saturated heterocycles. The molecule has 0 unspecified atom stereocenters. The Hall–Kier alpha value is -2.73. The highest BCUT2D eigenvalue weighted by molar-refractivity contribution is 8.18. The van der Waals surface area contributed by atoms with E-state index in [4.69, 9.17) is 9.47 Å². The predicted octanol–water partition coefficient (Wildman–Crippen LogP) is 6.72. The van der Waals surface area contributed by atoms with Crippen molar-refractivity contribution >= 4 is 34.6 Å². The molecule has 170 valence electrons. The normalized spacial score (nSPS) is 15.9. The second kappa shape index (κ2) is 13.0. The van der Waals surface area contributed by atoms with Crippen molar-refractivity contribution in [3.63, 3.8) is 0 Å². The molecule has 6 heteroatoms. The van der Waals surface area contributed by atoms with Crippen LogP contribution in [0.4, 0.5) is 5.69 Å². The first-order chi connectivity index (χ1) is 15.7. The molecule has 5 nitrogen and oxygen atoms in total. The molecule has 3 rings (SSSR count). The smallest absolute Gasteiger partial charge is 0.264 e. The van der Waals surface area contributed by atoms with Crippen molar-refractivity contribution in [2.75, 3.05) is 13.2 Å². The number of aliphatic imine (C=N–C) groups is 1. The standard InChI is InChI=1S/C26H32N2O3S/c1-3-5-6-7-8-11-18-31-21-16-14-20(15-17-21)19-24-25(29)28-26(32-24)27-22-12-9-10-13-23(22)30-4-2/h9-10,12-17,19H,3-8,11,18H2,1-2H3,(H,27,28,29). The third kappa shape index (κ3) is 7.45. The van der Waals surface area contributed by atoms with Gasteiger partial charge < -0.3 is 14.8 Å². The number of hydrogen-bond donors (Lipinski definition) is 1. The van der Waals surface area contributed by atoms with E-state index in [0.717, 1.165) is 24.3 Å². The van der Waals surface area contributed by atoms with Crippen molar-refractivity contribution in [1.82, 2.24) is 5.32 Å². The molecule has 32 heavy (non-hydrogen) atoms. The molecular weight excluding hydrogens is 420 g/mol. The van der Waals surface area contributed by atoms with E-state index in [1.807, 2.05) is 61.5 Å². The van der Waals surface area contributed by atoms with Crippen LogP contribution in [0.15, 0.2) is 58.4 Å². The van der Waals surface area contributed by atoms with E-state index in [1.54, 1.807) is 0 Å². The fourth-order valence-electron chi connectivity index (χ4n) is 3.30. The summed E-state index contributed by atoms with van der Waals surface area (Å²) < 4.78 is 11.4. The topological polar surface area (TPSA) is 59.9 Å². The van der Waals surface area contributed by atoms with E-state index < -0.39 is 0 Å². The van der Waals surface area contributed by atoms with Crippen LogP contribution in [0, 0.1) is 0 Å². The number of amides is 1. The molecule has 0 aliphatic carbocycles. The van der Waals surface area contributed by atoms with Gasteiger partial charge in [0.2, 0.25) is 0 Å². The van der Waals surface area contributed by atoms with Gasteiger partial charge in [-0.05, 0) is 61.0 Å². The van der Waals surface area contributed by atoms with Gasteiger partial charge in [-0.25, -0.2) is 4.99 Å². The number of rotatable bonds is 12. The zero-order valence-electron chi connectivity index (χ0n) is 18.9. The molecule has 1 fully saturated rings. The average molecular weight is 453 g/mol. The fourth-order valence-corrected chi connectivity index (χ4v) is 4.14. The van der Waals surface area contributed by atoms with E-state index in [2.05, 4.69) is 17.2 Å². The lowest BCUT2D eigenvalue weighted by Crippen LogP contribution is -2.19. The lowest BCUT2D eigenvalue weighted by molar-refractivity contribution is -0.115. The van der Waals surface area contributed by atoms with Crippen LogP contribution in [-0.2, 0) is 4.79 Å². The SMILES string of the molecule is CCCCCCCCOc1ccc(C=C2SC(=Nc3ccccc3OCC)NC2=O)cc1. The Balaban J connectivity index is 1.54. The average Bonchev–Trinajstić information content (AvgIpc) is 3.14. The van der Waals surface area contributed by atoms with Gasteiger partial charge in [-0.15, -0.1) is 0 Å². The van der Waals surface area contributed by atoms with Gasteiger partial charge >= 0.3 is 0 Å². The third-order valence-electron chi connectivity index (χ3n) is 4.98. The molecule has 0 spiro atoms. The number of nitrogens with zero attached hydrogens (tertiary/aromatic N) is 1. The number of amidine groups is 1. The Labute approximate surface area is 195 Å². The molecule has 0 atom stereocenters. The molecule has 0 radical (unpaired) electrons. The zero-order valence-corrected chi connectivity index (χ0v) is 19.7. The summed E-state index contributed by atoms with van der Waals surface area (Å²) in [7, 11) is 0. The van der Waals surface area contributed by atoms with E-state index >= 15 is 0 Å². The molecule has 1 aliphatic heterocycles. The van der Waals surface area contributed by atoms with E-state index in [9.17, 15) is 4.79 Å². The van der Waals surface area contributed by atoms with Crippen LogP contribution in [0.1, 0.15) is 57.9 Å². The van der Waals surface area contributed by atoms with Crippen molar-refractivity contribution in [1.29, 1.82) is 0 Å². The number of ether oxygens (including phenoxy) is 2. The van der Waals surface area contributed by atoms with Crippen molar-refractivity contribution in [3.8, 4) is 11.5 Å². The molecule has 0 saturated carbocycles. The van der Waals surface area contributed by atoms with Gasteiger partial charge in [-0.2, -0.15) is 0 Å². The summed E-state index contributed by atoms with van der Waals surface area (Å²) in [6, 6.07) is 15.4. The largest absolute Gasteiger partial charge is 0.494 e. The van der Waals surface area contributed by atoms with Crippen molar-refractivity contribution < 1.29 is 14.3 Å². The summed E-state index contributed by atoms with van der Waals surface area (Å²) in [5.74, 6) is 1.41. The molecule has 2 aromatic rings. The zero-order chi connectivity index (χ0) is 22.6. The Morgan fingerprint density at radius 1 is 0.938 bits per heavy atom. The minimum Gasteiger partial charge on any atom is -0.494 e. The third-order valence-corrected chi connectivity index (χ3v) is 5.89. The summed E-state index contributed by atoms with van der Waals surface area (Å²) in [5.41, 5.74) is 1.65. The second-order valence-electron chi connectivity index (χ2n) is 7.57. The van der Waals surface area contributed by atoms with Crippen LogP contribution in [0.5, 0.6) is 11.5 Å². The van der Waals surface area contributed by atoms with Crippen molar-refractivity contribution in [2.45, 2.75) is 52.4 Å². The number of hydrogen-bond acceptors (Lipinski definition) is 5. The molecule has 1 heterocycles. The number of unbranched alkanes of at least 4 members (excludes halogenated alkanes) is 5. The maximum atomic E-state index is 12.4. The Bertz CT molecular complexity index is 938. The number of carbonyl (C=O) groups is 1. The van der Waals surface area contributed by atoms with Crippen LogP contribution in [-0.4, -0.2) is 24.3 Å². The van der Waals surface area contributed by atoms with Crippen LogP contribution in [0.2, 0.25) is 0 Å². The van der Waals surface area contributed by atoms with E-state index in [-0.39, 0.29) is 5.91 Å². The number of nitrogens with one attached hydrogen (secondary N) is 1. The number of benzene rings is 2. The lowest BCUT2D eigenvalue weighted by atomic mass is 10.1.